The highest BCUT2D eigenvalue weighted by atomic mass is 32.1. The molecule has 0 saturated carbocycles. The number of aryl methyl sites for hydroxylation is 1. The van der Waals surface area contributed by atoms with E-state index in [9.17, 15) is 18.0 Å². The number of nitrogens with zero attached hydrogens (tertiary/aromatic N) is 3. The van der Waals surface area contributed by atoms with Crippen molar-refractivity contribution in [1.29, 1.82) is 0 Å². The number of piperazine rings is 1. The van der Waals surface area contributed by atoms with Crippen molar-refractivity contribution in [2.24, 2.45) is 0 Å². The number of carbonyl (C=O) groups is 1. The van der Waals surface area contributed by atoms with E-state index in [1.54, 1.807) is 4.90 Å². The lowest BCUT2D eigenvalue weighted by Crippen LogP contribution is -2.48. The van der Waals surface area contributed by atoms with Gasteiger partial charge in [0, 0.05) is 37.3 Å². The quantitative estimate of drug-likeness (QED) is 0.828. The Morgan fingerprint density at radius 2 is 1.83 bits per heavy atom. The minimum atomic E-state index is -4.38. The van der Waals surface area contributed by atoms with E-state index >= 15 is 0 Å². The molecule has 0 N–H and O–H groups in total. The number of rotatable bonds is 2. The molecular formula is C16H16F3N3OS. The van der Waals surface area contributed by atoms with Crippen LogP contribution in [0.4, 0.5) is 19.0 Å². The highest BCUT2D eigenvalue weighted by Gasteiger charge is 2.31. The van der Waals surface area contributed by atoms with Crippen LogP contribution in [0.5, 0.6) is 0 Å². The zero-order chi connectivity index (χ0) is 17.3. The highest BCUT2D eigenvalue weighted by molar-refractivity contribution is 7.13. The monoisotopic (exact) mass is 355 g/mol. The van der Waals surface area contributed by atoms with Crippen molar-refractivity contribution in [2.45, 2.75) is 13.1 Å². The summed E-state index contributed by atoms with van der Waals surface area (Å²) in [6, 6.07) is 6.16. The Labute approximate surface area is 141 Å². The molecular weight excluding hydrogens is 339 g/mol. The van der Waals surface area contributed by atoms with Gasteiger partial charge in [0.1, 0.15) is 5.82 Å². The van der Waals surface area contributed by atoms with Crippen molar-refractivity contribution < 1.29 is 18.0 Å². The summed E-state index contributed by atoms with van der Waals surface area (Å²) in [5, 5.41) is 0. The van der Waals surface area contributed by atoms with Crippen LogP contribution >= 0.6 is 11.3 Å². The number of thiophene rings is 1. The van der Waals surface area contributed by atoms with Crippen LogP contribution in [0.3, 0.4) is 0 Å². The number of carbonyl (C=O) groups excluding carboxylic acids is 1. The van der Waals surface area contributed by atoms with Crippen molar-refractivity contribution >= 4 is 23.1 Å². The maximum Gasteiger partial charge on any atom is 0.417 e. The van der Waals surface area contributed by atoms with Gasteiger partial charge in [-0.15, -0.1) is 11.3 Å². The van der Waals surface area contributed by atoms with Gasteiger partial charge in [-0.05, 0) is 31.2 Å². The SMILES string of the molecule is Cc1ccc(C(=O)N2CCN(c3ccc(C(F)(F)F)cn3)CC2)s1. The first kappa shape index (κ1) is 16.8. The summed E-state index contributed by atoms with van der Waals surface area (Å²) in [7, 11) is 0. The van der Waals surface area contributed by atoms with E-state index in [1.807, 2.05) is 24.0 Å². The summed E-state index contributed by atoms with van der Waals surface area (Å²) in [5.41, 5.74) is -0.756. The third kappa shape index (κ3) is 3.53. The molecule has 0 aromatic carbocycles. The van der Waals surface area contributed by atoms with Gasteiger partial charge >= 0.3 is 6.18 Å². The average molecular weight is 355 g/mol. The summed E-state index contributed by atoms with van der Waals surface area (Å²) in [6.07, 6.45) is -3.53. The molecule has 1 aliphatic heterocycles. The molecule has 0 atom stereocenters. The first-order chi connectivity index (χ1) is 11.3. The Hall–Kier alpha value is -2.09. The summed E-state index contributed by atoms with van der Waals surface area (Å²) in [5.74, 6) is 0.509. The van der Waals surface area contributed by atoms with Gasteiger partial charge in [0.05, 0.1) is 10.4 Å². The van der Waals surface area contributed by atoms with Crippen LogP contribution in [-0.4, -0.2) is 42.0 Å². The zero-order valence-electron chi connectivity index (χ0n) is 13.0. The number of anilines is 1. The molecule has 2 aromatic heterocycles. The van der Waals surface area contributed by atoms with Crippen molar-refractivity contribution in [1.82, 2.24) is 9.88 Å². The second-order valence-corrected chi connectivity index (χ2v) is 6.88. The molecule has 1 aliphatic rings. The van der Waals surface area contributed by atoms with Gasteiger partial charge in [0.2, 0.25) is 0 Å². The van der Waals surface area contributed by atoms with Gasteiger partial charge in [0.15, 0.2) is 0 Å². The fourth-order valence-electron chi connectivity index (χ4n) is 2.58. The molecule has 1 fully saturated rings. The Balaban J connectivity index is 1.61. The zero-order valence-corrected chi connectivity index (χ0v) is 13.8. The van der Waals surface area contributed by atoms with Crippen molar-refractivity contribution in [2.75, 3.05) is 31.1 Å². The fourth-order valence-corrected chi connectivity index (χ4v) is 3.42. The van der Waals surface area contributed by atoms with Crippen LogP contribution in [0.1, 0.15) is 20.1 Å². The fraction of sp³-hybridized carbons (Fsp3) is 0.375. The number of hydrogen-bond donors (Lipinski definition) is 0. The van der Waals surface area contributed by atoms with Crippen LogP contribution in [-0.2, 0) is 6.18 Å². The molecule has 3 heterocycles. The minimum Gasteiger partial charge on any atom is -0.353 e. The number of halogens is 3. The summed E-state index contributed by atoms with van der Waals surface area (Å²) in [4.78, 5) is 21.8. The summed E-state index contributed by atoms with van der Waals surface area (Å²) in [6.45, 7) is 4.11. The highest BCUT2D eigenvalue weighted by Crippen LogP contribution is 2.29. The van der Waals surface area contributed by atoms with E-state index in [1.165, 1.54) is 17.4 Å². The first-order valence-electron chi connectivity index (χ1n) is 7.48. The Bertz CT molecular complexity index is 719. The number of alkyl halides is 3. The van der Waals surface area contributed by atoms with Gasteiger partial charge in [0.25, 0.3) is 5.91 Å². The smallest absolute Gasteiger partial charge is 0.353 e. The first-order valence-corrected chi connectivity index (χ1v) is 8.30. The van der Waals surface area contributed by atoms with Crippen LogP contribution in [0.25, 0.3) is 0 Å². The van der Waals surface area contributed by atoms with E-state index in [2.05, 4.69) is 4.98 Å². The standard InChI is InChI=1S/C16H16F3N3OS/c1-11-2-4-13(24-11)15(23)22-8-6-21(7-9-22)14-5-3-12(10-20-14)16(17,18)19/h2-5,10H,6-9H2,1H3. The number of aromatic nitrogens is 1. The van der Waals surface area contributed by atoms with Crippen LogP contribution in [0.2, 0.25) is 0 Å². The van der Waals surface area contributed by atoms with Gasteiger partial charge in [-0.2, -0.15) is 13.2 Å². The van der Waals surface area contributed by atoms with E-state index in [0.29, 0.717) is 36.9 Å². The van der Waals surface area contributed by atoms with E-state index in [0.717, 1.165) is 17.1 Å². The number of pyridine rings is 1. The maximum absolute atomic E-state index is 12.6. The molecule has 1 amide bonds. The van der Waals surface area contributed by atoms with Gasteiger partial charge in [-0.25, -0.2) is 4.98 Å². The van der Waals surface area contributed by atoms with Crippen molar-refractivity contribution in [3.05, 3.63) is 45.8 Å². The molecule has 8 heteroatoms. The van der Waals surface area contributed by atoms with E-state index in [4.69, 9.17) is 0 Å². The topological polar surface area (TPSA) is 36.4 Å². The summed E-state index contributed by atoms with van der Waals surface area (Å²) < 4.78 is 37.7. The summed E-state index contributed by atoms with van der Waals surface area (Å²) >= 11 is 1.47. The normalized spacial score (nSPS) is 15.7. The molecule has 0 spiro atoms. The van der Waals surface area contributed by atoms with Crippen LogP contribution < -0.4 is 4.90 Å². The molecule has 0 radical (unpaired) electrons. The Kier molecular flexibility index (Phi) is 4.49. The second kappa shape index (κ2) is 6.43. The minimum absolute atomic E-state index is 0.00753. The molecule has 4 nitrogen and oxygen atoms in total. The average Bonchev–Trinajstić information content (AvgIpc) is 3.00. The molecule has 0 aliphatic carbocycles. The Morgan fingerprint density at radius 1 is 1.12 bits per heavy atom. The van der Waals surface area contributed by atoms with E-state index < -0.39 is 11.7 Å². The molecule has 0 unspecified atom stereocenters. The van der Waals surface area contributed by atoms with Gasteiger partial charge in [-0.1, -0.05) is 0 Å². The molecule has 24 heavy (non-hydrogen) atoms. The van der Waals surface area contributed by atoms with Crippen LogP contribution in [0, 0.1) is 6.92 Å². The second-order valence-electron chi connectivity index (χ2n) is 5.59. The maximum atomic E-state index is 12.6. The third-order valence-corrected chi connectivity index (χ3v) is 4.91. The predicted molar refractivity (Wildman–Crippen MR) is 86.4 cm³/mol. The molecule has 3 rings (SSSR count). The van der Waals surface area contributed by atoms with Crippen molar-refractivity contribution in [3.63, 3.8) is 0 Å². The Morgan fingerprint density at radius 3 is 2.33 bits per heavy atom. The third-order valence-electron chi connectivity index (χ3n) is 3.92. The number of amides is 1. The van der Waals surface area contributed by atoms with Gasteiger partial charge < -0.3 is 9.80 Å². The molecule has 2 aromatic rings. The largest absolute Gasteiger partial charge is 0.417 e. The predicted octanol–water partition coefficient (Wildman–Crippen LogP) is 3.43. The molecule has 128 valence electrons. The lowest BCUT2D eigenvalue weighted by molar-refractivity contribution is -0.137. The molecule has 1 saturated heterocycles. The van der Waals surface area contributed by atoms with E-state index in [-0.39, 0.29) is 5.91 Å². The lowest BCUT2D eigenvalue weighted by Gasteiger charge is -2.35. The lowest BCUT2D eigenvalue weighted by atomic mass is 10.2. The van der Waals surface area contributed by atoms with Crippen LogP contribution in [0.15, 0.2) is 30.5 Å². The van der Waals surface area contributed by atoms with Gasteiger partial charge in [-0.3, -0.25) is 4.79 Å². The number of hydrogen-bond acceptors (Lipinski definition) is 4. The van der Waals surface area contributed by atoms with Crippen molar-refractivity contribution in [3.8, 4) is 0 Å². The molecule has 0 bridgehead atoms.